The van der Waals surface area contributed by atoms with Crippen molar-refractivity contribution in [2.75, 3.05) is 11.9 Å². The fraction of sp³-hybridized carbons (Fsp3) is 0.212. The van der Waals surface area contributed by atoms with Crippen LogP contribution in [0.1, 0.15) is 47.7 Å². The molecule has 2 N–H and O–H groups in total. The zero-order valence-corrected chi connectivity index (χ0v) is 23.4. The molecule has 0 radical (unpaired) electrons. The van der Waals surface area contributed by atoms with Crippen molar-refractivity contribution in [2.45, 2.75) is 31.0 Å². The number of hydrogen-bond acceptors (Lipinski definition) is 7. The number of aliphatic hydroxyl groups is 1. The average Bonchev–Trinajstić information content (AvgIpc) is 3.43. The van der Waals surface area contributed by atoms with E-state index < -0.39 is 52.7 Å². The number of benzene rings is 4. The first kappa shape index (κ1) is 30.3. The van der Waals surface area contributed by atoms with Gasteiger partial charge in [-0.2, -0.15) is 0 Å². The molecular formula is C33H29F2N3O6. The van der Waals surface area contributed by atoms with E-state index in [9.17, 15) is 33.6 Å². The van der Waals surface area contributed by atoms with Gasteiger partial charge in [-0.1, -0.05) is 54.6 Å². The molecule has 2 amide bonds. The van der Waals surface area contributed by atoms with Gasteiger partial charge in [0.25, 0.3) is 5.69 Å². The molecule has 4 aromatic carbocycles. The summed E-state index contributed by atoms with van der Waals surface area (Å²) in [5, 5.41) is 25.6. The van der Waals surface area contributed by atoms with Gasteiger partial charge in [-0.3, -0.25) is 14.9 Å². The Bertz CT molecular complexity index is 1600. The molecule has 0 unspecified atom stereocenters. The maximum atomic E-state index is 14.5. The fourth-order valence-corrected chi connectivity index (χ4v) is 5.33. The van der Waals surface area contributed by atoms with Crippen LogP contribution < -0.4 is 5.32 Å². The second-order valence-electron chi connectivity index (χ2n) is 10.4. The van der Waals surface area contributed by atoms with Gasteiger partial charge in [-0.05, 0) is 65.9 Å². The topological polar surface area (TPSA) is 122 Å². The lowest BCUT2D eigenvalue weighted by Crippen LogP contribution is -2.42. The summed E-state index contributed by atoms with van der Waals surface area (Å²) in [6.45, 7) is -0.0485. The number of imide groups is 1. The van der Waals surface area contributed by atoms with E-state index in [1.807, 2.05) is 6.07 Å². The lowest BCUT2D eigenvalue weighted by atomic mass is 9.85. The number of non-ortho nitro benzene ring substituents is 1. The summed E-state index contributed by atoms with van der Waals surface area (Å²) < 4.78 is 32.6. The van der Waals surface area contributed by atoms with Crippen LogP contribution >= 0.6 is 0 Å². The van der Waals surface area contributed by atoms with Gasteiger partial charge < -0.3 is 15.2 Å². The number of hydrogen-bond donors (Lipinski definition) is 2. The lowest BCUT2D eigenvalue weighted by molar-refractivity contribution is -0.384. The highest BCUT2D eigenvalue weighted by atomic mass is 19.1. The Labute approximate surface area is 251 Å². The van der Waals surface area contributed by atoms with Crippen LogP contribution in [0.4, 0.5) is 25.0 Å². The second kappa shape index (κ2) is 13.4. The number of halogens is 2. The van der Waals surface area contributed by atoms with Crippen molar-refractivity contribution >= 4 is 23.4 Å². The third-order valence-electron chi connectivity index (χ3n) is 7.65. The van der Waals surface area contributed by atoms with E-state index in [0.717, 1.165) is 4.90 Å². The normalized spacial score (nSPS) is 16.6. The quantitative estimate of drug-likeness (QED) is 0.142. The van der Waals surface area contributed by atoms with Crippen LogP contribution in [0.2, 0.25) is 0 Å². The van der Waals surface area contributed by atoms with Crippen molar-refractivity contribution < 1.29 is 33.1 Å². The van der Waals surface area contributed by atoms with Gasteiger partial charge in [-0.25, -0.2) is 18.5 Å². The van der Waals surface area contributed by atoms with Crippen LogP contribution in [0.15, 0.2) is 103 Å². The Morgan fingerprint density at radius 2 is 1.50 bits per heavy atom. The van der Waals surface area contributed by atoms with Crippen LogP contribution in [-0.4, -0.2) is 33.5 Å². The Morgan fingerprint density at radius 3 is 2.11 bits per heavy atom. The summed E-state index contributed by atoms with van der Waals surface area (Å²) >= 11 is 0. The van der Waals surface area contributed by atoms with Gasteiger partial charge in [0.05, 0.1) is 23.0 Å². The van der Waals surface area contributed by atoms with Crippen LogP contribution in [-0.2, 0) is 9.53 Å². The summed E-state index contributed by atoms with van der Waals surface area (Å²) in [6, 6.07) is 23.8. The van der Waals surface area contributed by atoms with Crippen LogP contribution in [0.5, 0.6) is 0 Å². The third-order valence-corrected chi connectivity index (χ3v) is 7.65. The SMILES string of the molecule is O=C1OC[C@H](c2ccccc2)N1C(=O)[C@H](CC[C@H](O)c1ccc(F)cc1)[C@H](Nc1ccc(F)cc1)c1ccc([N+](=O)[O-])cc1. The van der Waals surface area contributed by atoms with E-state index >= 15 is 0 Å². The molecular weight excluding hydrogens is 572 g/mol. The van der Waals surface area contributed by atoms with Crippen molar-refractivity contribution in [3.63, 3.8) is 0 Å². The molecule has 0 aliphatic carbocycles. The Hall–Kier alpha value is -5.16. The largest absolute Gasteiger partial charge is 0.446 e. The number of nitrogens with zero attached hydrogens (tertiary/aromatic N) is 2. The van der Waals surface area contributed by atoms with Gasteiger partial charge in [0, 0.05) is 17.8 Å². The van der Waals surface area contributed by atoms with Gasteiger partial charge in [0.15, 0.2) is 0 Å². The summed E-state index contributed by atoms with van der Waals surface area (Å²) in [5.74, 6) is -2.54. The first-order valence-electron chi connectivity index (χ1n) is 14.0. The predicted octanol–water partition coefficient (Wildman–Crippen LogP) is 6.88. The number of nitro groups is 1. The van der Waals surface area contributed by atoms with E-state index in [-0.39, 0.29) is 25.1 Å². The summed E-state index contributed by atoms with van der Waals surface area (Å²) in [6.07, 6.45) is -1.80. The summed E-state index contributed by atoms with van der Waals surface area (Å²) in [7, 11) is 0. The number of cyclic esters (lactones) is 1. The number of aliphatic hydroxyl groups excluding tert-OH is 1. The second-order valence-corrected chi connectivity index (χ2v) is 10.4. The molecule has 5 rings (SSSR count). The molecule has 4 atom stereocenters. The third kappa shape index (κ3) is 6.90. The van der Waals surface area contributed by atoms with Crippen LogP contribution in [0.3, 0.4) is 0 Å². The van der Waals surface area contributed by atoms with Crippen molar-refractivity contribution in [3.05, 3.63) is 142 Å². The Kier molecular flexibility index (Phi) is 9.25. The molecule has 1 heterocycles. The Balaban J connectivity index is 1.55. The van der Waals surface area contributed by atoms with Crippen molar-refractivity contribution in [2.24, 2.45) is 5.92 Å². The molecule has 226 valence electrons. The molecule has 9 nitrogen and oxygen atoms in total. The molecule has 0 saturated carbocycles. The van der Waals surface area contributed by atoms with Crippen LogP contribution in [0, 0.1) is 27.7 Å². The molecule has 11 heteroatoms. The van der Waals surface area contributed by atoms with Crippen molar-refractivity contribution in [3.8, 4) is 0 Å². The summed E-state index contributed by atoms with van der Waals surface area (Å²) in [4.78, 5) is 39.4. The van der Waals surface area contributed by atoms with Gasteiger partial charge in [-0.15, -0.1) is 0 Å². The molecule has 1 fully saturated rings. The number of amides is 2. The zero-order valence-electron chi connectivity index (χ0n) is 23.4. The van der Waals surface area contributed by atoms with E-state index in [1.165, 1.54) is 72.8 Å². The number of rotatable bonds is 11. The lowest BCUT2D eigenvalue weighted by Gasteiger charge is -2.32. The minimum atomic E-state index is -1.07. The van der Waals surface area contributed by atoms with Crippen molar-refractivity contribution in [1.29, 1.82) is 0 Å². The monoisotopic (exact) mass is 601 g/mol. The first-order valence-corrected chi connectivity index (χ1v) is 14.0. The molecule has 0 spiro atoms. The molecule has 4 aromatic rings. The maximum Gasteiger partial charge on any atom is 0.417 e. The van der Waals surface area contributed by atoms with E-state index in [4.69, 9.17) is 4.74 Å². The molecule has 44 heavy (non-hydrogen) atoms. The number of carbonyl (C=O) groups is 2. The highest BCUT2D eigenvalue weighted by Crippen LogP contribution is 2.38. The minimum absolute atomic E-state index is 0.0402. The number of nitrogens with one attached hydrogen (secondary N) is 1. The van der Waals surface area contributed by atoms with Crippen LogP contribution in [0.25, 0.3) is 0 Å². The standard InChI is InChI=1S/C33H29F2N3O6/c34-24-10-6-22(7-11-24)30(39)19-18-28(32(40)37-29(20-44-33(37)41)21-4-2-1-3-5-21)31(36-26-14-12-25(35)13-15-26)23-8-16-27(17-9-23)38(42)43/h1-17,28-31,36,39H,18-20H2/t28-,29-,30+,31-/m1/s1. The highest BCUT2D eigenvalue weighted by molar-refractivity contribution is 5.95. The molecule has 1 aliphatic heterocycles. The smallest absolute Gasteiger partial charge is 0.417 e. The fourth-order valence-electron chi connectivity index (χ4n) is 5.33. The first-order chi connectivity index (χ1) is 21.2. The van der Waals surface area contributed by atoms with E-state index in [1.54, 1.807) is 24.3 Å². The van der Waals surface area contributed by atoms with E-state index in [0.29, 0.717) is 22.4 Å². The van der Waals surface area contributed by atoms with Crippen molar-refractivity contribution in [1.82, 2.24) is 4.90 Å². The number of anilines is 1. The average molecular weight is 602 g/mol. The molecule has 1 saturated heterocycles. The Morgan fingerprint density at radius 1 is 0.909 bits per heavy atom. The summed E-state index contributed by atoms with van der Waals surface area (Å²) in [5.41, 5.74) is 1.92. The number of ether oxygens (including phenoxy) is 1. The molecule has 0 aromatic heterocycles. The minimum Gasteiger partial charge on any atom is -0.446 e. The molecule has 0 bridgehead atoms. The highest BCUT2D eigenvalue weighted by Gasteiger charge is 2.44. The van der Waals surface area contributed by atoms with Gasteiger partial charge in [0.1, 0.15) is 24.3 Å². The maximum absolute atomic E-state index is 14.5. The predicted molar refractivity (Wildman–Crippen MR) is 157 cm³/mol. The van der Waals surface area contributed by atoms with Gasteiger partial charge in [0.2, 0.25) is 5.91 Å². The van der Waals surface area contributed by atoms with Gasteiger partial charge >= 0.3 is 6.09 Å². The number of nitro benzene ring substituents is 1. The zero-order chi connectivity index (χ0) is 31.2. The molecule has 1 aliphatic rings. The van der Waals surface area contributed by atoms with E-state index in [2.05, 4.69) is 5.32 Å². The number of carbonyl (C=O) groups excluding carboxylic acids is 2.